The molecule has 118 valence electrons. The van der Waals surface area contributed by atoms with Gasteiger partial charge in [0.15, 0.2) is 0 Å². The lowest BCUT2D eigenvalue weighted by molar-refractivity contribution is 0.283. The van der Waals surface area contributed by atoms with Gasteiger partial charge in [-0.1, -0.05) is 6.92 Å². The summed E-state index contributed by atoms with van der Waals surface area (Å²) in [6, 6.07) is 0. The van der Waals surface area contributed by atoms with Crippen molar-refractivity contribution in [2.24, 2.45) is 0 Å². The fourth-order valence-electron chi connectivity index (χ4n) is 2.27. The quantitative estimate of drug-likeness (QED) is 0.578. The Morgan fingerprint density at radius 2 is 1.71 bits per heavy atom. The molecule has 5 heteroatoms. The van der Waals surface area contributed by atoms with E-state index in [0.29, 0.717) is 5.92 Å². The highest BCUT2D eigenvalue weighted by molar-refractivity contribution is 5.57. The van der Waals surface area contributed by atoms with Crippen molar-refractivity contribution >= 4 is 11.6 Å². The number of hydrogen-bond acceptors (Lipinski definition) is 5. The van der Waals surface area contributed by atoms with Crippen LogP contribution in [0.2, 0.25) is 0 Å². The van der Waals surface area contributed by atoms with Crippen LogP contribution in [0.5, 0.6) is 0 Å². The van der Waals surface area contributed by atoms with Crippen LogP contribution in [0, 0.1) is 6.92 Å². The standard InChI is InChI=1S/C16H28N4O/c1-3-9-17-14-12(2)15(18-10-5-4-6-11-21)20-16(19-14)13-7-8-13/h13,21H,3-11H2,1-2H3,(H2,17,18,19,20). The van der Waals surface area contributed by atoms with E-state index in [2.05, 4.69) is 24.5 Å². The molecule has 3 N–H and O–H groups in total. The summed E-state index contributed by atoms with van der Waals surface area (Å²) in [6.45, 7) is 6.35. The van der Waals surface area contributed by atoms with Gasteiger partial charge in [-0.15, -0.1) is 0 Å². The Morgan fingerprint density at radius 3 is 2.29 bits per heavy atom. The second-order valence-electron chi connectivity index (χ2n) is 5.82. The van der Waals surface area contributed by atoms with Gasteiger partial charge < -0.3 is 15.7 Å². The summed E-state index contributed by atoms with van der Waals surface area (Å²) < 4.78 is 0. The van der Waals surface area contributed by atoms with E-state index in [4.69, 9.17) is 15.1 Å². The first-order valence-corrected chi connectivity index (χ1v) is 8.23. The number of hydrogen-bond donors (Lipinski definition) is 3. The number of nitrogens with zero attached hydrogens (tertiary/aromatic N) is 2. The maximum atomic E-state index is 8.80. The van der Waals surface area contributed by atoms with Gasteiger partial charge in [0.25, 0.3) is 0 Å². The van der Waals surface area contributed by atoms with Crippen LogP contribution < -0.4 is 10.6 Å². The predicted octanol–water partition coefficient (Wildman–Crippen LogP) is 3.06. The minimum atomic E-state index is 0.281. The van der Waals surface area contributed by atoms with Gasteiger partial charge >= 0.3 is 0 Å². The average molecular weight is 292 g/mol. The van der Waals surface area contributed by atoms with Crippen molar-refractivity contribution in [1.29, 1.82) is 0 Å². The lowest BCUT2D eigenvalue weighted by atomic mass is 10.2. The van der Waals surface area contributed by atoms with E-state index in [1.165, 1.54) is 12.8 Å². The number of rotatable bonds is 10. The van der Waals surface area contributed by atoms with Crippen LogP contribution in [0.3, 0.4) is 0 Å². The van der Waals surface area contributed by atoms with Crippen LogP contribution in [-0.2, 0) is 0 Å². The number of unbranched alkanes of at least 4 members (excludes halogenated alkanes) is 2. The number of aliphatic hydroxyl groups excluding tert-OH is 1. The Morgan fingerprint density at radius 1 is 1.05 bits per heavy atom. The van der Waals surface area contributed by atoms with Gasteiger partial charge in [0, 0.05) is 31.2 Å². The lowest BCUT2D eigenvalue weighted by Gasteiger charge is -2.15. The van der Waals surface area contributed by atoms with Crippen molar-refractivity contribution in [2.75, 3.05) is 30.3 Å². The molecule has 2 rings (SSSR count). The monoisotopic (exact) mass is 292 g/mol. The summed E-state index contributed by atoms with van der Waals surface area (Å²) in [7, 11) is 0. The Labute approximate surface area is 127 Å². The van der Waals surface area contributed by atoms with Crippen molar-refractivity contribution < 1.29 is 5.11 Å². The fraction of sp³-hybridized carbons (Fsp3) is 0.750. The summed E-state index contributed by atoms with van der Waals surface area (Å²) in [6.07, 6.45) is 6.50. The highest BCUT2D eigenvalue weighted by atomic mass is 16.2. The highest BCUT2D eigenvalue weighted by Crippen LogP contribution is 2.39. The van der Waals surface area contributed by atoms with Crippen molar-refractivity contribution in [3.8, 4) is 0 Å². The normalized spacial score (nSPS) is 14.2. The topological polar surface area (TPSA) is 70.1 Å². The van der Waals surface area contributed by atoms with Crippen molar-refractivity contribution in [2.45, 2.75) is 58.3 Å². The van der Waals surface area contributed by atoms with Crippen LogP contribution in [0.4, 0.5) is 11.6 Å². The number of aromatic nitrogens is 2. The molecule has 0 radical (unpaired) electrons. The molecule has 1 heterocycles. The molecular weight excluding hydrogens is 264 g/mol. The molecule has 0 amide bonds. The second-order valence-corrected chi connectivity index (χ2v) is 5.82. The van der Waals surface area contributed by atoms with E-state index in [1.54, 1.807) is 0 Å². The van der Waals surface area contributed by atoms with Gasteiger partial charge in [0.2, 0.25) is 0 Å². The number of anilines is 2. The van der Waals surface area contributed by atoms with Crippen molar-refractivity contribution in [3.63, 3.8) is 0 Å². The van der Waals surface area contributed by atoms with Crippen LogP contribution in [0.15, 0.2) is 0 Å². The Balaban J connectivity index is 2.01. The van der Waals surface area contributed by atoms with Crippen LogP contribution in [-0.4, -0.2) is 34.8 Å². The molecule has 0 unspecified atom stereocenters. The third-order valence-electron chi connectivity index (χ3n) is 3.78. The smallest absolute Gasteiger partial charge is 0.136 e. The van der Waals surface area contributed by atoms with E-state index in [9.17, 15) is 0 Å². The Bertz CT molecular complexity index is 446. The van der Waals surface area contributed by atoms with Gasteiger partial charge in [-0.25, -0.2) is 9.97 Å². The molecule has 1 fully saturated rings. The first-order valence-electron chi connectivity index (χ1n) is 8.23. The second kappa shape index (κ2) is 8.17. The molecule has 0 aromatic carbocycles. The molecule has 5 nitrogen and oxygen atoms in total. The summed E-state index contributed by atoms with van der Waals surface area (Å²) in [5.41, 5.74) is 1.11. The van der Waals surface area contributed by atoms with Gasteiger partial charge in [-0.05, 0) is 45.4 Å². The molecule has 1 saturated carbocycles. The third kappa shape index (κ3) is 4.84. The molecule has 21 heavy (non-hydrogen) atoms. The number of nitrogens with one attached hydrogen (secondary N) is 2. The fourth-order valence-corrected chi connectivity index (χ4v) is 2.27. The molecule has 0 atom stereocenters. The lowest BCUT2D eigenvalue weighted by Crippen LogP contribution is -2.12. The Kier molecular flexibility index (Phi) is 6.23. The van der Waals surface area contributed by atoms with Crippen LogP contribution in [0.25, 0.3) is 0 Å². The zero-order valence-corrected chi connectivity index (χ0v) is 13.3. The first-order chi connectivity index (χ1) is 10.3. The van der Waals surface area contributed by atoms with E-state index >= 15 is 0 Å². The minimum Gasteiger partial charge on any atom is -0.396 e. The number of aliphatic hydroxyl groups is 1. The molecule has 1 aromatic heterocycles. The molecule has 1 aromatic rings. The SMILES string of the molecule is CCCNc1nc(C2CC2)nc(NCCCCCO)c1C. The van der Waals surface area contributed by atoms with Gasteiger partial charge in [-0.2, -0.15) is 0 Å². The Hall–Kier alpha value is -1.36. The third-order valence-corrected chi connectivity index (χ3v) is 3.78. The van der Waals surface area contributed by atoms with E-state index in [0.717, 1.165) is 61.8 Å². The summed E-state index contributed by atoms with van der Waals surface area (Å²) in [5, 5.41) is 15.7. The first kappa shape index (κ1) is 16.0. The predicted molar refractivity (Wildman–Crippen MR) is 87.0 cm³/mol. The van der Waals surface area contributed by atoms with Gasteiger partial charge in [-0.3, -0.25) is 0 Å². The zero-order chi connectivity index (χ0) is 15.1. The van der Waals surface area contributed by atoms with Gasteiger partial charge in [0.1, 0.15) is 17.5 Å². The van der Waals surface area contributed by atoms with Gasteiger partial charge in [0.05, 0.1) is 0 Å². The molecule has 0 aliphatic heterocycles. The maximum Gasteiger partial charge on any atom is 0.136 e. The van der Waals surface area contributed by atoms with Crippen LogP contribution >= 0.6 is 0 Å². The molecule has 0 saturated heterocycles. The molecule has 1 aliphatic carbocycles. The highest BCUT2D eigenvalue weighted by Gasteiger charge is 2.28. The summed E-state index contributed by atoms with van der Waals surface area (Å²) in [4.78, 5) is 9.40. The molecule has 1 aliphatic rings. The minimum absolute atomic E-state index is 0.281. The summed E-state index contributed by atoms with van der Waals surface area (Å²) >= 11 is 0. The molecule has 0 bridgehead atoms. The van der Waals surface area contributed by atoms with E-state index in [-0.39, 0.29) is 6.61 Å². The van der Waals surface area contributed by atoms with E-state index < -0.39 is 0 Å². The average Bonchev–Trinajstić information content (AvgIpc) is 3.32. The van der Waals surface area contributed by atoms with Crippen LogP contribution in [0.1, 0.15) is 62.8 Å². The molecular formula is C16H28N4O. The summed E-state index contributed by atoms with van der Waals surface area (Å²) in [5.74, 6) is 3.49. The van der Waals surface area contributed by atoms with Crippen molar-refractivity contribution in [3.05, 3.63) is 11.4 Å². The molecule has 0 spiro atoms. The largest absolute Gasteiger partial charge is 0.396 e. The zero-order valence-electron chi connectivity index (χ0n) is 13.3. The maximum absolute atomic E-state index is 8.80. The van der Waals surface area contributed by atoms with Crippen molar-refractivity contribution in [1.82, 2.24) is 9.97 Å². The van der Waals surface area contributed by atoms with E-state index in [1.807, 2.05) is 0 Å².